The van der Waals surface area contributed by atoms with Gasteiger partial charge >= 0.3 is 5.97 Å². The Kier molecular flexibility index (Phi) is 8.17. The molecule has 4 N–H and O–H groups in total. The van der Waals surface area contributed by atoms with Crippen LogP contribution in [0.15, 0.2) is 47.6 Å². The maximum Gasteiger partial charge on any atom is 0.323 e. The zero-order valence-corrected chi connectivity index (χ0v) is 22.6. The fraction of sp³-hybridized carbons (Fsp3) is 0.370. The Morgan fingerprint density at radius 3 is 2.61 bits per heavy atom. The summed E-state index contributed by atoms with van der Waals surface area (Å²) in [6.45, 7) is 6.31. The summed E-state index contributed by atoms with van der Waals surface area (Å²) in [5.41, 5.74) is 4.48. The second-order valence-corrected chi connectivity index (χ2v) is 11.3. The minimum atomic E-state index is -4.13. The maximum atomic E-state index is 13.0. The summed E-state index contributed by atoms with van der Waals surface area (Å²) in [5, 5.41) is 15.5. The van der Waals surface area contributed by atoms with Crippen molar-refractivity contribution in [2.75, 3.05) is 18.4 Å². The molecule has 1 amide bonds. The lowest BCUT2D eigenvalue weighted by molar-refractivity contribution is -0.138. The molecule has 10 nitrogen and oxygen atoms in total. The Balaban J connectivity index is 1.35. The normalized spacial score (nSPS) is 13.9. The second-order valence-electron chi connectivity index (χ2n) is 9.68. The number of carboxylic acids is 1. The maximum absolute atomic E-state index is 13.0. The van der Waals surface area contributed by atoms with Crippen LogP contribution >= 0.6 is 0 Å². The van der Waals surface area contributed by atoms with Gasteiger partial charge in [-0.05, 0) is 62.4 Å². The minimum absolute atomic E-state index is 0.0435. The highest BCUT2D eigenvalue weighted by atomic mass is 32.2. The van der Waals surface area contributed by atoms with Gasteiger partial charge in [-0.1, -0.05) is 23.8 Å². The SMILES string of the molecule is Cc1cc(C)c(S(=O)(=O)N[C@@H](CNC(=O)c2ccn(CCc3ccc4c(n3)NCCC4)c2)C(=O)O)c(C)c1. The number of hydrogen-bond donors (Lipinski definition) is 4. The molecule has 3 aromatic rings. The van der Waals surface area contributed by atoms with E-state index in [0.29, 0.717) is 29.7 Å². The molecule has 38 heavy (non-hydrogen) atoms. The van der Waals surface area contributed by atoms with Crippen LogP contribution in [-0.2, 0) is 34.2 Å². The zero-order valence-electron chi connectivity index (χ0n) is 21.7. The largest absolute Gasteiger partial charge is 0.480 e. The quantitative estimate of drug-likeness (QED) is 0.310. The Bertz CT molecular complexity index is 1440. The van der Waals surface area contributed by atoms with Crippen LogP contribution in [0, 0.1) is 20.8 Å². The summed E-state index contributed by atoms with van der Waals surface area (Å²) in [7, 11) is -4.13. The predicted molar refractivity (Wildman–Crippen MR) is 144 cm³/mol. The smallest absolute Gasteiger partial charge is 0.323 e. The van der Waals surface area contributed by atoms with Gasteiger partial charge in [-0.15, -0.1) is 0 Å². The van der Waals surface area contributed by atoms with Gasteiger partial charge in [0.1, 0.15) is 11.9 Å². The van der Waals surface area contributed by atoms with Gasteiger partial charge in [0, 0.05) is 44.1 Å². The molecule has 1 aromatic carbocycles. The van der Waals surface area contributed by atoms with E-state index in [2.05, 4.69) is 26.4 Å². The van der Waals surface area contributed by atoms with Crippen LogP contribution < -0.4 is 15.4 Å². The van der Waals surface area contributed by atoms with Gasteiger partial charge in [0.05, 0.1) is 10.5 Å². The van der Waals surface area contributed by atoms with Crippen molar-refractivity contribution in [3.8, 4) is 0 Å². The van der Waals surface area contributed by atoms with E-state index in [1.165, 1.54) is 5.56 Å². The lowest BCUT2D eigenvalue weighted by Gasteiger charge is -2.18. The predicted octanol–water partition coefficient (Wildman–Crippen LogP) is 2.57. The van der Waals surface area contributed by atoms with Crippen LogP contribution in [0.3, 0.4) is 0 Å². The van der Waals surface area contributed by atoms with Crippen LogP contribution in [0.1, 0.15) is 44.7 Å². The first-order chi connectivity index (χ1) is 18.0. The van der Waals surface area contributed by atoms with E-state index in [1.807, 2.05) is 17.6 Å². The third kappa shape index (κ3) is 6.40. The van der Waals surface area contributed by atoms with E-state index in [-0.39, 0.29) is 4.90 Å². The van der Waals surface area contributed by atoms with Crippen molar-refractivity contribution in [2.45, 2.75) is 57.5 Å². The average Bonchev–Trinajstić information content (AvgIpc) is 3.33. The number of aromatic nitrogens is 2. The first-order valence-electron chi connectivity index (χ1n) is 12.5. The highest BCUT2D eigenvalue weighted by molar-refractivity contribution is 7.89. The summed E-state index contributed by atoms with van der Waals surface area (Å²) in [6, 6.07) is 7.68. The monoisotopic (exact) mass is 539 g/mol. The molecule has 0 unspecified atom stereocenters. The Morgan fingerprint density at radius 1 is 1.16 bits per heavy atom. The molecule has 1 aliphatic heterocycles. The molecule has 4 rings (SSSR count). The molecule has 0 bridgehead atoms. The molecule has 0 saturated heterocycles. The molecule has 1 aliphatic rings. The highest BCUT2D eigenvalue weighted by Gasteiger charge is 2.28. The molecule has 1 atom stereocenters. The molecule has 0 radical (unpaired) electrons. The lowest BCUT2D eigenvalue weighted by Crippen LogP contribution is -2.48. The van der Waals surface area contributed by atoms with Crippen molar-refractivity contribution in [3.63, 3.8) is 0 Å². The third-order valence-corrected chi connectivity index (χ3v) is 8.30. The minimum Gasteiger partial charge on any atom is -0.480 e. The Hall–Kier alpha value is -3.70. The standard InChI is InChI=1S/C27H33N5O5S/c1-17-13-18(2)24(19(3)14-17)38(36,37)31-23(27(34)35)15-29-26(33)21-8-11-32(16-21)12-9-22-7-6-20-5-4-10-28-25(20)30-22/h6-8,11,13-14,16,23,31H,4-5,9-10,12,15H2,1-3H3,(H,28,30)(H,29,33)(H,34,35)/t23-/m0/s1. The molecule has 0 spiro atoms. The molecule has 0 aliphatic carbocycles. The molecule has 11 heteroatoms. The van der Waals surface area contributed by atoms with Crippen LogP contribution in [0.25, 0.3) is 0 Å². The van der Waals surface area contributed by atoms with Gasteiger partial charge in [-0.3, -0.25) is 9.59 Å². The fourth-order valence-electron chi connectivity index (χ4n) is 4.78. The van der Waals surface area contributed by atoms with E-state index in [9.17, 15) is 23.1 Å². The van der Waals surface area contributed by atoms with Crippen LogP contribution in [-0.4, -0.2) is 54.1 Å². The number of nitrogens with one attached hydrogen (secondary N) is 3. The van der Waals surface area contributed by atoms with Crippen molar-refractivity contribution >= 4 is 27.7 Å². The van der Waals surface area contributed by atoms with E-state index in [0.717, 1.165) is 36.5 Å². The number of fused-ring (bicyclic) bond motifs is 1. The second kappa shape index (κ2) is 11.4. The highest BCUT2D eigenvalue weighted by Crippen LogP contribution is 2.22. The number of amides is 1. The number of carbonyl (C=O) groups is 2. The summed E-state index contributed by atoms with van der Waals surface area (Å²) in [5.74, 6) is -0.938. The summed E-state index contributed by atoms with van der Waals surface area (Å²) >= 11 is 0. The van der Waals surface area contributed by atoms with E-state index >= 15 is 0 Å². The molecular formula is C27H33N5O5S. The Labute approximate surface area is 222 Å². The number of hydrogen-bond acceptors (Lipinski definition) is 6. The topological polar surface area (TPSA) is 142 Å². The van der Waals surface area contributed by atoms with Crippen molar-refractivity contribution in [2.24, 2.45) is 0 Å². The van der Waals surface area contributed by atoms with E-state index in [4.69, 9.17) is 0 Å². The molecule has 3 heterocycles. The number of benzene rings is 1. The number of sulfonamides is 1. The number of carboxylic acid groups (broad SMARTS) is 1. The Morgan fingerprint density at radius 2 is 1.89 bits per heavy atom. The van der Waals surface area contributed by atoms with E-state index < -0.39 is 34.5 Å². The number of anilines is 1. The number of pyridine rings is 1. The number of carbonyl (C=O) groups excluding carboxylic acids is 1. The van der Waals surface area contributed by atoms with Gasteiger partial charge in [0.25, 0.3) is 5.91 Å². The van der Waals surface area contributed by atoms with Gasteiger partial charge in [-0.25, -0.2) is 13.4 Å². The molecule has 0 fully saturated rings. The van der Waals surface area contributed by atoms with Crippen molar-refractivity contribution in [1.82, 2.24) is 19.6 Å². The fourth-order valence-corrected chi connectivity index (χ4v) is 6.42. The number of aliphatic carboxylic acids is 1. The van der Waals surface area contributed by atoms with Crippen molar-refractivity contribution < 1.29 is 23.1 Å². The number of rotatable bonds is 10. The number of aryl methyl sites for hydroxylation is 6. The van der Waals surface area contributed by atoms with Gasteiger partial charge in [0.2, 0.25) is 10.0 Å². The average molecular weight is 540 g/mol. The van der Waals surface area contributed by atoms with Crippen molar-refractivity contribution in [1.29, 1.82) is 0 Å². The van der Waals surface area contributed by atoms with Gasteiger partial charge in [-0.2, -0.15) is 4.72 Å². The van der Waals surface area contributed by atoms with E-state index in [1.54, 1.807) is 44.4 Å². The number of nitrogens with zero attached hydrogens (tertiary/aromatic N) is 2. The molecule has 0 saturated carbocycles. The van der Waals surface area contributed by atoms with Gasteiger partial charge < -0.3 is 20.3 Å². The van der Waals surface area contributed by atoms with Gasteiger partial charge in [0.15, 0.2) is 0 Å². The van der Waals surface area contributed by atoms with Crippen LogP contribution in [0.2, 0.25) is 0 Å². The summed E-state index contributed by atoms with van der Waals surface area (Å²) in [4.78, 5) is 29.2. The lowest BCUT2D eigenvalue weighted by atomic mass is 10.1. The molecule has 2 aromatic heterocycles. The van der Waals surface area contributed by atoms with Crippen molar-refractivity contribution in [3.05, 3.63) is 76.2 Å². The first-order valence-corrected chi connectivity index (χ1v) is 14.0. The third-order valence-electron chi connectivity index (χ3n) is 6.53. The van der Waals surface area contributed by atoms with Crippen LogP contribution in [0.5, 0.6) is 0 Å². The molecule has 202 valence electrons. The zero-order chi connectivity index (χ0) is 27.4. The molecular weight excluding hydrogens is 506 g/mol. The summed E-state index contributed by atoms with van der Waals surface area (Å²) < 4.78 is 30.1. The first kappa shape index (κ1) is 27.3. The summed E-state index contributed by atoms with van der Waals surface area (Å²) in [6.07, 6.45) is 6.26. The van der Waals surface area contributed by atoms with Crippen LogP contribution in [0.4, 0.5) is 5.82 Å².